The molecule has 0 amide bonds. The second kappa shape index (κ2) is 8.21. The van der Waals surface area contributed by atoms with Gasteiger partial charge in [-0.2, -0.15) is 5.26 Å². The molecule has 2 rings (SSSR count). The molecule has 0 spiro atoms. The van der Waals surface area contributed by atoms with Crippen molar-refractivity contribution < 1.29 is 23.0 Å². The largest absolute Gasteiger partial charge is 0.379 e. The molecule has 0 bridgehead atoms. The lowest BCUT2D eigenvalue weighted by Gasteiger charge is -2.45. The lowest BCUT2D eigenvalue weighted by Crippen LogP contribution is -2.56. The summed E-state index contributed by atoms with van der Waals surface area (Å²) in [5.41, 5.74) is -0.117. The van der Waals surface area contributed by atoms with Gasteiger partial charge in [-0.25, -0.2) is 17.5 Å². The molecular formula is C15H22ClFN4O4S. The molecule has 1 aliphatic heterocycles. The van der Waals surface area contributed by atoms with E-state index < -0.39 is 34.1 Å². The number of aliphatic hydroxyl groups excluding tert-OH is 2. The van der Waals surface area contributed by atoms with Crippen LogP contribution in [0, 0.1) is 11.3 Å². The van der Waals surface area contributed by atoms with E-state index in [1.165, 1.54) is 0 Å². The zero-order chi connectivity index (χ0) is 19.6. The summed E-state index contributed by atoms with van der Waals surface area (Å²) in [5.74, 6) is -2.00. The van der Waals surface area contributed by atoms with E-state index in [0.29, 0.717) is 19.6 Å². The normalized spacial score (nSPS) is 26.9. The van der Waals surface area contributed by atoms with Crippen LogP contribution in [0.3, 0.4) is 0 Å². The van der Waals surface area contributed by atoms with Gasteiger partial charge >= 0.3 is 0 Å². The van der Waals surface area contributed by atoms with Gasteiger partial charge in [0.05, 0.1) is 16.8 Å². The Kier molecular flexibility index (Phi) is 6.65. The number of hydrogen-bond acceptors (Lipinski definition) is 7. The van der Waals surface area contributed by atoms with Crippen molar-refractivity contribution in [2.75, 3.05) is 25.6 Å². The van der Waals surface area contributed by atoms with Gasteiger partial charge in [0.1, 0.15) is 17.9 Å². The minimum atomic E-state index is -4.02. The van der Waals surface area contributed by atoms with Crippen LogP contribution in [0.4, 0.5) is 4.39 Å². The predicted molar refractivity (Wildman–Crippen MR) is 93.6 cm³/mol. The van der Waals surface area contributed by atoms with Crippen LogP contribution in [0.2, 0.25) is 0 Å². The highest BCUT2D eigenvalue weighted by atomic mass is 35.5. The standard InChI is InChI=1S/C15H22ClFN4O4S/c1-9-7-20(3-4-21(9)10(2)23)15-11(6-18)14(17)12(16)5-13(15)19-26(24,25)8-22/h9-10,13,19,22-23H,3-5,7-8H2,1-2H3. The lowest BCUT2D eigenvalue weighted by molar-refractivity contribution is -0.0383. The number of allylic oxidation sites excluding steroid dienone is 2. The van der Waals surface area contributed by atoms with Gasteiger partial charge in [-0.3, -0.25) is 4.90 Å². The van der Waals surface area contributed by atoms with Gasteiger partial charge in [0, 0.05) is 32.1 Å². The van der Waals surface area contributed by atoms with Crippen LogP contribution >= 0.6 is 11.6 Å². The first-order chi connectivity index (χ1) is 12.1. The monoisotopic (exact) mass is 408 g/mol. The van der Waals surface area contributed by atoms with Crippen LogP contribution in [0.5, 0.6) is 0 Å². The van der Waals surface area contributed by atoms with E-state index in [2.05, 4.69) is 4.72 Å². The summed E-state index contributed by atoms with van der Waals surface area (Å²) in [4.78, 5) is 3.58. The molecule has 1 fully saturated rings. The van der Waals surface area contributed by atoms with E-state index in [9.17, 15) is 23.2 Å². The number of halogens is 2. The maximum atomic E-state index is 14.4. The Labute approximate surface area is 157 Å². The van der Waals surface area contributed by atoms with Crippen molar-refractivity contribution in [1.82, 2.24) is 14.5 Å². The summed E-state index contributed by atoms with van der Waals surface area (Å²) in [6.45, 7) is 4.72. The number of sulfonamides is 1. The van der Waals surface area contributed by atoms with E-state index in [0.717, 1.165) is 0 Å². The van der Waals surface area contributed by atoms with Crippen molar-refractivity contribution in [2.45, 2.75) is 38.6 Å². The quantitative estimate of drug-likeness (QED) is 0.593. The number of rotatable bonds is 5. The summed E-state index contributed by atoms with van der Waals surface area (Å²) >= 11 is 5.87. The first-order valence-corrected chi connectivity index (χ1v) is 10.1. The molecular weight excluding hydrogens is 387 g/mol. The van der Waals surface area contributed by atoms with E-state index >= 15 is 0 Å². The van der Waals surface area contributed by atoms with Gasteiger partial charge in [0.25, 0.3) is 0 Å². The predicted octanol–water partition coefficient (Wildman–Crippen LogP) is 0.170. The number of nitrogens with one attached hydrogen (secondary N) is 1. The van der Waals surface area contributed by atoms with Gasteiger partial charge in [-0.1, -0.05) is 11.6 Å². The Bertz CT molecular complexity index is 762. The SMILES string of the molecule is CC(O)N1CCN(C2=C(C#N)C(F)=C(Cl)CC2NS(=O)(=O)CO)CC1C. The van der Waals surface area contributed by atoms with Crippen LogP contribution in [-0.4, -0.2) is 72.3 Å². The van der Waals surface area contributed by atoms with Crippen LogP contribution < -0.4 is 4.72 Å². The minimum Gasteiger partial charge on any atom is -0.379 e. The van der Waals surface area contributed by atoms with Crippen molar-refractivity contribution >= 4 is 21.6 Å². The summed E-state index contributed by atoms with van der Waals surface area (Å²) in [7, 11) is -4.02. The average molecular weight is 409 g/mol. The summed E-state index contributed by atoms with van der Waals surface area (Å²) in [6, 6.07) is 0.714. The van der Waals surface area contributed by atoms with Crippen molar-refractivity contribution in [2.24, 2.45) is 0 Å². The third-order valence-electron chi connectivity index (χ3n) is 4.53. The molecule has 3 N–H and O–H groups in total. The molecule has 0 radical (unpaired) electrons. The molecule has 26 heavy (non-hydrogen) atoms. The van der Waals surface area contributed by atoms with Gasteiger partial charge in [0.2, 0.25) is 10.0 Å². The second-order valence-electron chi connectivity index (χ2n) is 6.37. The smallest absolute Gasteiger partial charge is 0.236 e. The third kappa shape index (κ3) is 4.36. The van der Waals surface area contributed by atoms with Crippen molar-refractivity contribution in [1.29, 1.82) is 5.26 Å². The van der Waals surface area contributed by atoms with Crippen LogP contribution in [0.25, 0.3) is 0 Å². The highest BCUT2D eigenvalue weighted by Gasteiger charge is 2.37. The van der Waals surface area contributed by atoms with Gasteiger partial charge in [-0.05, 0) is 13.8 Å². The molecule has 0 aromatic rings. The van der Waals surface area contributed by atoms with Gasteiger partial charge in [0.15, 0.2) is 11.8 Å². The fraction of sp³-hybridized carbons (Fsp3) is 0.667. The number of hydrogen-bond donors (Lipinski definition) is 3. The molecule has 2 aliphatic rings. The topological polar surface area (TPSA) is 117 Å². The summed E-state index contributed by atoms with van der Waals surface area (Å²) in [6.07, 6.45) is -0.810. The van der Waals surface area contributed by atoms with E-state index in [-0.39, 0.29) is 28.8 Å². The highest BCUT2D eigenvalue weighted by Crippen LogP contribution is 2.36. The zero-order valence-electron chi connectivity index (χ0n) is 14.5. The van der Waals surface area contributed by atoms with Crippen molar-refractivity contribution in [3.63, 3.8) is 0 Å². The molecule has 3 atom stereocenters. The third-order valence-corrected chi connectivity index (χ3v) is 5.83. The first kappa shape index (κ1) is 21.1. The number of aliphatic hydroxyl groups is 2. The Morgan fingerprint density at radius 2 is 2.15 bits per heavy atom. The van der Waals surface area contributed by atoms with Crippen molar-refractivity contribution in [3.05, 3.63) is 22.1 Å². The van der Waals surface area contributed by atoms with Crippen LogP contribution in [0.15, 0.2) is 22.1 Å². The number of piperazine rings is 1. The molecule has 11 heteroatoms. The fourth-order valence-corrected chi connectivity index (χ4v) is 4.32. The fourth-order valence-electron chi connectivity index (χ4n) is 3.37. The van der Waals surface area contributed by atoms with Gasteiger partial charge in [-0.15, -0.1) is 0 Å². The summed E-state index contributed by atoms with van der Waals surface area (Å²) < 4.78 is 40.3. The van der Waals surface area contributed by atoms with Crippen molar-refractivity contribution in [3.8, 4) is 6.07 Å². The Hall–Kier alpha value is -1.22. The first-order valence-electron chi connectivity index (χ1n) is 8.09. The molecule has 1 saturated heterocycles. The molecule has 1 aliphatic carbocycles. The minimum absolute atomic E-state index is 0.101. The Morgan fingerprint density at radius 3 is 2.65 bits per heavy atom. The molecule has 0 saturated carbocycles. The molecule has 146 valence electrons. The van der Waals surface area contributed by atoms with Gasteiger partial charge < -0.3 is 15.1 Å². The highest BCUT2D eigenvalue weighted by molar-refractivity contribution is 7.89. The van der Waals surface area contributed by atoms with Crippen LogP contribution in [0.1, 0.15) is 20.3 Å². The molecule has 3 unspecified atom stereocenters. The number of nitriles is 1. The second-order valence-corrected chi connectivity index (χ2v) is 8.55. The maximum absolute atomic E-state index is 14.4. The van der Waals surface area contributed by atoms with E-state index in [1.807, 2.05) is 11.8 Å². The molecule has 1 heterocycles. The Morgan fingerprint density at radius 1 is 1.50 bits per heavy atom. The molecule has 0 aromatic heterocycles. The van der Waals surface area contributed by atoms with E-state index in [4.69, 9.17) is 16.7 Å². The van der Waals surface area contributed by atoms with E-state index in [1.54, 1.807) is 17.9 Å². The maximum Gasteiger partial charge on any atom is 0.236 e. The van der Waals surface area contributed by atoms with Crippen LogP contribution in [-0.2, 0) is 10.0 Å². The zero-order valence-corrected chi connectivity index (χ0v) is 16.1. The molecule has 0 aromatic carbocycles. The lowest BCUT2D eigenvalue weighted by atomic mass is 9.96. The number of nitrogens with zero attached hydrogens (tertiary/aromatic N) is 3. The Balaban J connectivity index is 2.41. The average Bonchev–Trinajstić information content (AvgIpc) is 2.56. The summed E-state index contributed by atoms with van der Waals surface area (Å²) in [5, 5.41) is 28.0. The molecule has 8 nitrogen and oxygen atoms in total.